The van der Waals surface area contributed by atoms with Gasteiger partial charge in [-0.3, -0.25) is 13.3 Å². The number of nitrogens with zero attached hydrogens (tertiary/aromatic N) is 6. The summed E-state index contributed by atoms with van der Waals surface area (Å²) >= 11 is 6.54. The molecule has 5 rings (SSSR count). The first kappa shape index (κ1) is 42.3. The fourth-order valence-electron chi connectivity index (χ4n) is 5.04. The molecule has 0 saturated heterocycles. The van der Waals surface area contributed by atoms with Crippen molar-refractivity contribution in [2.24, 2.45) is 10.2 Å². The molecule has 7 N–H and O–H groups in total. The van der Waals surface area contributed by atoms with Gasteiger partial charge in [0, 0.05) is 24.0 Å². The third kappa shape index (κ3) is 10.7. The number of phenolic OH excluding ortho intramolecular Hbond substituents is 1. The molecule has 0 fully saturated rings. The van der Waals surface area contributed by atoms with Crippen molar-refractivity contribution in [1.29, 1.82) is 0 Å². The number of aromatic hydroxyl groups is 1. The van der Waals surface area contributed by atoms with E-state index < -0.39 is 57.0 Å². The van der Waals surface area contributed by atoms with Crippen LogP contribution in [0.3, 0.4) is 0 Å². The molecule has 1 aromatic heterocycles. The Morgan fingerprint density at radius 2 is 1.66 bits per heavy atom. The fourth-order valence-corrected chi connectivity index (χ4v) is 7.70. The number of phenols is 1. The molecule has 0 amide bonds. The average Bonchev–Trinajstić information content (AvgIpc) is 3.11. The number of rotatable bonds is 17. The van der Waals surface area contributed by atoms with Crippen LogP contribution in [0.4, 0.5) is 40.3 Å². The summed E-state index contributed by atoms with van der Waals surface area (Å²) < 4.78 is 101. The van der Waals surface area contributed by atoms with Crippen LogP contribution in [0.15, 0.2) is 86.7 Å². The quantitative estimate of drug-likeness (QED) is 0.0128. The molecule has 26 heteroatoms. The summed E-state index contributed by atoms with van der Waals surface area (Å²) in [5.74, 6) is -1.46. The Balaban J connectivity index is 1.42. The number of aryl methyl sites for hydroxylation is 1. The van der Waals surface area contributed by atoms with Crippen LogP contribution < -0.4 is 16.0 Å². The highest BCUT2D eigenvalue weighted by molar-refractivity contribution is 7.91. The third-order valence-electron chi connectivity index (χ3n) is 7.57. The Morgan fingerprint density at radius 3 is 2.32 bits per heavy atom. The molecule has 0 atom stereocenters. The molecule has 1 heterocycles. The highest BCUT2D eigenvalue weighted by Crippen LogP contribution is 2.44. The summed E-state index contributed by atoms with van der Waals surface area (Å²) in [7, 11) is -13.5. The van der Waals surface area contributed by atoms with E-state index in [1.807, 2.05) is 0 Å². The molecular formula is C30H29ClN8O13S4. The van der Waals surface area contributed by atoms with Gasteiger partial charge in [-0.2, -0.15) is 36.9 Å². The Morgan fingerprint density at radius 1 is 0.929 bits per heavy atom. The van der Waals surface area contributed by atoms with Gasteiger partial charge < -0.3 is 21.1 Å². The van der Waals surface area contributed by atoms with E-state index in [2.05, 4.69) is 39.9 Å². The minimum atomic E-state index is -4.98. The summed E-state index contributed by atoms with van der Waals surface area (Å²) in [5, 5.41) is 32.7. The van der Waals surface area contributed by atoms with Crippen LogP contribution in [0.1, 0.15) is 5.56 Å². The number of nitrogen functional groups attached to an aromatic ring is 1. The van der Waals surface area contributed by atoms with Crippen molar-refractivity contribution in [3.63, 3.8) is 0 Å². The maximum Gasteiger partial charge on any atom is 0.296 e. The van der Waals surface area contributed by atoms with Gasteiger partial charge >= 0.3 is 0 Å². The van der Waals surface area contributed by atoms with Gasteiger partial charge in [0.15, 0.2) is 22.2 Å². The van der Waals surface area contributed by atoms with Crippen LogP contribution in [-0.4, -0.2) is 84.3 Å². The number of fused-ring (bicyclic) bond motifs is 1. The summed E-state index contributed by atoms with van der Waals surface area (Å²) in [6.45, 7) is 1.29. The summed E-state index contributed by atoms with van der Waals surface area (Å²) in [6.07, 6.45) is 0. The Bertz CT molecular complexity index is 2620. The van der Waals surface area contributed by atoms with Gasteiger partial charge in [0.1, 0.15) is 16.3 Å². The van der Waals surface area contributed by atoms with Crippen LogP contribution in [0.2, 0.25) is 5.28 Å². The van der Waals surface area contributed by atoms with Crippen molar-refractivity contribution >= 4 is 105 Å². The molecule has 0 radical (unpaired) electrons. The van der Waals surface area contributed by atoms with Gasteiger partial charge in [0.25, 0.3) is 20.2 Å². The number of anilines is 5. The Hall–Kier alpha value is -4.80. The fraction of sp³-hybridized carbons (Fsp3) is 0.167. The number of nitrogens with two attached hydrogens (primary N) is 1. The molecule has 5 aromatic rings. The highest BCUT2D eigenvalue weighted by Gasteiger charge is 2.24. The van der Waals surface area contributed by atoms with Crippen LogP contribution in [0.25, 0.3) is 10.8 Å². The lowest BCUT2D eigenvalue weighted by molar-refractivity contribution is -0.434. The van der Waals surface area contributed by atoms with E-state index in [0.717, 1.165) is 12.1 Å². The zero-order valence-corrected chi connectivity index (χ0v) is 32.4. The van der Waals surface area contributed by atoms with Crippen LogP contribution in [0.5, 0.6) is 5.75 Å². The topological polar surface area (TPSA) is 316 Å². The van der Waals surface area contributed by atoms with Gasteiger partial charge in [-0.15, -0.1) is 9.45 Å². The molecule has 298 valence electrons. The maximum absolute atomic E-state index is 12.8. The lowest BCUT2D eigenvalue weighted by Crippen LogP contribution is -2.28. The zero-order chi connectivity index (χ0) is 40.8. The predicted octanol–water partition coefficient (Wildman–Crippen LogP) is 5.48. The number of halogens is 1. The molecule has 0 unspecified atom stereocenters. The van der Waals surface area contributed by atoms with Crippen molar-refractivity contribution in [3.05, 3.63) is 77.6 Å². The molecule has 56 heavy (non-hydrogen) atoms. The van der Waals surface area contributed by atoms with Crippen molar-refractivity contribution in [2.75, 3.05) is 40.6 Å². The van der Waals surface area contributed by atoms with Gasteiger partial charge in [-0.1, -0.05) is 23.2 Å². The number of sulfone groups is 1. The first-order valence-corrected chi connectivity index (χ1v) is 21.2. The van der Waals surface area contributed by atoms with Crippen LogP contribution >= 0.6 is 23.9 Å². The SMILES string of the molecule is Cc1cc(Nc2nc(Cl)nc(N(CCS(=O)(=O)CCOSOOO)c3ccccc3)n2)ccc1N=Nc1c(N)c(S(=O)(=O)O)cc2cc(S(=O)(=O)O)cc(O)c12. The lowest BCUT2D eigenvalue weighted by Gasteiger charge is -2.23. The number of hydrogen-bond donors (Lipinski definition) is 6. The lowest BCUT2D eigenvalue weighted by atomic mass is 10.1. The van der Waals surface area contributed by atoms with E-state index in [1.165, 1.54) is 11.0 Å². The minimum Gasteiger partial charge on any atom is -0.507 e. The van der Waals surface area contributed by atoms with E-state index in [4.69, 9.17) is 26.8 Å². The van der Waals surface area contributed by atoms with E-state index in [-0.39, 0.29) is 70.6 Å². The minimum absolute atomic E-state index is 0.0141. The first-order chi connectivity index (χ1) is 26.4. The van der Waals surface area contributed by atoms with Crippen molar-refractivity contribution in [1.82, 2.24) is 15.0 Å². The summed E-state index contributed by atoms with van der Waals surface area (Å²) in [6, 6.07) is 15.7. The smallest absolute Gasteiger partial charge is 0.296 e. The number of benzene rings is 4. The van der Waals surface area contributed by atoms with Crippen LogP contribution in [0, 0.1) is 6.92 Å². The van der Waals surface area contributed by atoms with Crippen molar-refractivity contribution in [2.45, 2.75) is 16.7 Å². The number of para-hydroxylation sites is 1. The van der Waals surface area contributed by atoms with Crippen molar-refractivity contribution in [3.8, 4) is 5.75 Å². The van der Waals surface area contributed by atoms with Gasteiger partial charge in [0.2, 0.25) is 17.2 Å². The zero-order valence-electron chi connectivity index (χ0n) is 28.4. The first-order valence-electron chi connectivity index (χ1n) is 15.4. The largest absolute Gasteiger partial charge is 0.507 e. The predicted molar refractivity (Wildman–Crippen MR) is 204 cm³/mol. The number of nitrogens with one attached hydrogen (secondary N) is 1. The van der Waals surface area contributed by atoms with E-state index in [1.54, 1.807) is 49.4 Å². The Kier molecular flexibility index (Phi) is 13.3. The summed E-state index contributed by atoms with van der Waals surface area (Å²) in [4.78, 5) is 12.7. The molecule has 21 nitrogen and oxygen atoms in total. The Labute approximate surface area is 327 Å². The molecule has 0 spiro atoms. The average molecular weight is 873 g/mol. The van der Waals surface area contributed by atoms with Gasteiger partial charge in [0.05, 0.1) is 39.8 Å². The van der Waals surface area contributed by atoms with Gasteiger partial charge in [-0.05, 0) is 71.9 Å². The van der Waals surface area contributed by atoms with E-state index in [0.29, 0.717) is 23.0 Å². The summed E-state index contributed by atoms with van der Waals surface area (Å²) in [5.41, 5.74) is 6.68. The molecule has 0 aliphatic carbocycles. The molecule has 0 aliphatic rings. The molecule has 0 bridgehead atoms. The standard InChI is InChI=1S/C30H29ClN8O13S4/c1-17-13-19(7-8-22(17)37-38-27-25-18(15-24(26(27)32)56(47,48)49)14-21(16-23(25)40)55(44,45)46)33-29-34-28(31)35-30(36-29)39(20-5-3-2-4-6-20)9-11-54(42,43)12-10-50-53-52-51-41/h2-8,13-16,40-41H,9-12,32H2,1H3,(H,44,45,46)(H,47,48,49)(H,33,34,35,36). The normalized spacial score (nSPS) is 12.4. The third-order valence-corrected chi connectivity index (χ3v) is 11.4. The van der Waals surface area contributed by atoms with Crippen molar-refractivity contribution < 1.29 is 58.3 Å². The molecule has 0 saturated carbocycles. The monoisotopic (exact) mass is 872 g/mol. The second-order valence-corrected chi connectivity index (χ2v) is 17.3. The van der Waals surface area contributed by atoms with E-state index in [9.17, 15) is 39.5 Å². The van der Waals surface area contributed by atoms with E-state index >= 15 is 0 Å². The molecule has 0 aliphatic heterocycles. The number of hydrogen-bond acceptors (Lipinski definition) is 20. The molecular weight excluding hydrogens is 844 g/mol. The second kappa shape index (κ2) is 17.6. The maximum atomic E-state index is 12.8. The second-order valence-electron chi connectivity index (χ2n) is 11.4. The van der Waals surface area contributed by atoms with Crippen LogP contribution in [-0.2, 0) is 43.6 Å². The molecule has 4 aromatic carbocycles. The number of aromatic nitrogens is 3. The van der Waals surface area contributed by atoms with Gasteiger partial charge in [-0.25, -0.2) is 13.7 Å². The highest BCUT2D eigenvalue weighted by atomic mass is 35.5. The number of azo groups is 1.